The minimum atomic E-state index is 0.438. The van der Waals surface area contributed by atoms with Crippen LogP contribution >= 0.6 is 23.1 Å². The first kappa shape index (κ1) is 14.6. The molecule has 0 fully saturated rings. The second kappa shape index (κ2) is 7.08. The molecule has 0 bridgehead atoms. The number of thioether (sulfide) groups is 1. The lowest BCUT2D eigenvalue weighted by Gasteiger charge is -2.11. The van der Waals surface area contributed by atoms with Gasteiger partial charge < -0.3 is 5.32 Å². The molecule has 0 spiro atoms. The summed E-state index contributed by atoms with van der Waals surface area (Å²) in [7, 11) is 0. The molecule has 0 radical (unpaired) electrons. The highest BCUT2D eigenvalue weighted by Gasteiger charge is 2.05. The van der Waals surface area contributed by atoms with Crippen molar-refractivity contribution in [1.29, 1.82) is 0 Å². The number of hydrogen-bond acceptors (Lipinski definition) is 4. The molecule has 1 atom stereocenters. The first-order valence-corrected chi connectivity index (χ1v) is 8.36. The van der Waals surface area contributed by atoms with Crippen LogP contribution in [0.15, 0.2) is 34.7 Å². The molecule has 2 aromatic rings. The molecule has 0 amide bonds. The van der Waals surface area contributed by atoms with E-state index < -0.39 is 0 Å². The zero-order valence-corrected chi connectivity index (χ0v) is 13.3. The van der Waals surface area contributed by atoms with Crippen molar-refractivity contribution in [2.24, 2.45) is 0 Å². The number of nitrogens with one attached hydrogen (secondary N) is 1. The summed E-state index contributed by atoms with van der Waals surface area (Å²) in [5.74, 6) is 1.05. The van der Waals surface area contributed by atoms with Gasteiger partial charge in [-0.15, -0.1) is 23.1 Å². The SMILES string of the molecule is Cc1cc(C)nc(SCCNC(C)c2cccs2)c1. The molecular formula is C15H20N2S2. The molecule has 1 unspecified atom stereocenters. The van der Waals surface area contributed by atoms with Crippen LogP contribution in [-0.4, -0.2) is 17.3 Å². The molecular weight excluding hydrogens is 272 g/mol. The molecule has 2 aromatic heterocycles. The molecule has 4 heteroatoms. The average Bonchev–Trinajstić information content (AvgIpc) is 2.87. The van der Waals surface area contributed by atoms with E-state index in [1.54, 1.807) is 0 Å². The topological polar surface area (TPSA) is 24.9 Å². The van der Waals surface area contributed by atoms with Gasteiger partial charge in [0.05, 0.1) is 5.03 Å². The fourth-order valence-corrected chi connectivity index (χ4v) is 3.61. The van der Waals surface area contributed by atoms with E-state index in [0.717, 1.165) is 23.0 Å². The first-order valence-electron chi connectivity index (χ1n) is 6.50. The smallest absolute Gasteiger partial charge is 0.0966 e. The van der Waals surface area contributed by atoms with Gasteiger partial charge in [0.2, 0.25) is 0 Å². The van der Waals surface area contributed by atoms with Crippen molar-refractivity contribution < 1.29 is 0 Å². The van der Waals surface area contributed by atoms with Crippen LogP contribution in [0.4, 0.5) is 0 Å². The second-order valence-electron chi connectivity index (χ2n) is 4.66. The van der Waals surface area contributed by atoms with E-state index in [0.29, 0.717) is 6.04 Å². The summed E-state index contributed by atoms with van der Waals surface area (Å²) in [6.07, 6.45) is 0. The van der Waals surface area contributed by atoms with Crippen LogP contribution < -0.4 is 5.32 Å². The van der Waals surface area contributed by atoms with Gasteiger partial charge in [-0.05, 0) is 49.9 Å². The summed E-state index contributed by atoms with van der Waals surface area (Å²) in [5.41, 5.74) is 2.39. The van der Waals surface area contributed by atoms with Crippen LogP contribution in [0.25, 0.3) is 0 Å². The van der Waals surface area contributed by atoms with Crippen molar-refractivity contribution >= 4 is 23.1 Å². The molecule has 0 saturated heterocycles. The number of nitrogens with zero attached hydrogens (tertiary/aromatic N) is 1. The van der Waals surface area contributed by atoms with Gasteiger partial charge in [0, 0.05) is 28.9 Å². The Hall–Kier alpha value is -0.840. The van der Waals surface area contributed by atoms with Crippen LogP contribution in [0.5, 0.6) is 0 Å². The molecule has 0 aromatic carbocycles. The van der Waals surface area contributed by atoms with Gasteiger partial charge >= 0.3 is 0 Å². The highest BCUT2D eigenvalue weighted by Crippen LogP contribution is 2.19. The van der Waals surface area contributed by atoms with Gasteiger partial charge in [-0.2, -0.15) is 0 Å². The Kier molecular flexibility index (Phi) is 5.43. The van der Waals surface area contributed by atoms with Crippen molar-refractivity contribution in [2.45, 2.75) is 31.8 Å². The predicted octanol–water partition coefficient (Wildman–Crippen LogP) is 4.20. The van der Waals surface area contributed by atoms with E-state index in [-0.39, 0.29) is 0 Å². The summed E-state index contributed by atoms with van der Waals surface area (Å²) >= 11 is 3.63. The highest BCUT2D eigenvalue weighted by atomic mass is 32.2. The molecule has 1 N–H and O–H groups in total. The zero-order chi connectivity index (χ0) is 13.7. The quantitative estimate of drug-likeness (QED) is 0.638. The van der Waals surface area contributed by atoms with Crippen molar-refractivity contribution in [3.05, 3.63) is 45.8 Å². The maximum atomic E-state index is 4.54. The van der Waals surface area contributed by atoms with Crippen LogP contribution in [0.1, 0.15) is 29.1 Å². The lowest BCUT2D eigenvalue weighted by Crippen LogP contribution is -2.20. The summed E-state index contributed by atoms with van der Waals surface area (Å²) < 4.78 is 0. The Morgan fingerprint density at radius 3 is 2.89 bits per heavy atom. The lowest BCUT2D eigenvalue weighted by molar-refractivity contribution is 0.610. The molecule has 0 aliphatic rings. The van der Waals surface area contributed by atoms with Crippen molar-refractivity contribution in [3.63, 3.8) is 0 Å². The molecule has 2 heterocycles. The molecule has 0 aliphatic carbocycles. The van der Waals surface area contributed by atoms with Gasteiger partial charge in [-0.25, -0.2) is 4.98 Å². The number of hydrogen-bond donors (Lipinski definition) is 1. The number of thiophene rings is 1. The monoisotopic (exact) mass is 292 g/mol. The standard InChI is InChI=1S/C15H20N2S2/c1-11-9-12(2)17-15(10-11)19-8-6-16-13(3)14-5-4-7-18-14/h4-5,7,9-10,13,16H,6,8H2,1-3H3. The summed E-state index contributed by atoms with van der Waals surface area (Å²) in [4.78, 5) is 5.94. The van der Waals surface area contributed by atoms with E-state index in [9.17, 15) is 0 Å². The number of rotatable bonds is 6. The molecule has 0 aliphatic heterocycles. The van der Waals surface area contributed by atoms with Crippen LogP contribution in [0, 0.1) is 13.8 Å². The van der Waals surface area contributed by atoms with Gasteiger partial charge in [0.1, 0.15) is 0 Å². The van der Waals surface area contributed by atoms with Crippen molar-refractivity contribution in [2.75, 3.05) is 12.3 Å². The second-order valence-corrected chi connectivity index (χ2v) is 6.76. The van der Waals surface area contributed by atoms with E-state index in [1.807, 2.05) is 30.0 Å². The minimum absolute atomic E-state index is 0.438. The summed E-state index contributed by atoms with van der Waals surface area (Å²) in [5, 5.41) is 6.80. The van der Waals surface area contributed by atoms with Crippen molar-refractivity contribution in [3.8, 4) is 0 Å². The Morgan fingerprint density at radius 1 is 1.37 bits per heavy atom. The zero-order valence-electron chi connectivity index (χ0n) is 11.6. The van der Waals surface area contributed by atoms with Crippen LogP contribution in [0.3, 0.4) is 0 Å². The fourth-order valence-electron chi connectivity index (χ4n) is 1.95. The number of pyridine rings is 1. The Morgan fingerprint density at radius 2 is 2.21 bits per heavy atom. The third kappa shape index (κ3) is 4.64. The third-order valence-electron chi connectivity index (χ3n) is 2.85. The van der Waals surface area contributed by atoms with E-state index in [2.05, 4.69) is 53.8 Å². The Bertz CT molecular complexity index is 489. The van der Waals surface area contributed by atoms with Crippen molar-refractivity contribution in [1.82, 2.24) is 10.3 Å². The predicted molar refractivity (Wildman–Crippen MR) is 85.2 cm³/mol. The first-order chi connectivity index (χ1) is 9.15. The van der Waals surface area contributed by atoms with E-state index in [1.165, 1.54) is 10.4 Å². The average molecular weight is 292 g/mol. The molecule has 2 rings (SSSR count). The van der Waals surface area contributed by atoms with Gasteiger partial charge in [-0.1, -0.05) is 6.07 Å². The lowest BCUT2D eigenvalue weighted by atomic mass is 10.3. The third-order valence-corrected chi connectivity index (χ3v) is 4.81. The van der Waals surface area contributed by atoms with Gasteiger partial charge in [0.25, 0.3) is 0 Å². The number of aromatic nitrogens is 1. The summed E-state index contributed by atoms with van der Waals surface area (Å²) in [6, 6.07) is 8.99. The molecule has 19 heavy (non-hydrogen) atoms. The summed E-state index contributed by atoms with van der Waals surface area (Å²) in [6.45, 7) is 7.38. The van der Waals surface area contributed by atoms with E-state index >= 15 is 0 Å². The fraction of sp³-hybridized carbons (Fsp3) is 0.400. The van der Waals surface area contributed by atoms with Gasteiger partial charge in [-0.3, -0.25) is 0 Å². The molecule has 102 valence electrons. The molecule has 0 saturated carbocycles. The number of aryl methyl sites for hydroxylation is 2. The normalized spacial score (nSPS) is 12.6. The van der Waals surface area contributed by atoms with Crippen LogP contribution in [-0.2, 0) is 0 Å². The van der Waals surface area contributed by atoms with Crippen LogP contribution in [0.2, 0.25) is 0 Å². The maximum absolute atomic E-state index is 4.54. The highest BCUT2D eigenvalue weighted by molar-refractivity contribution is 7.99. The largest absolute Gasteiger partial charge is 0.309 e. The maximum Gasteiger partial charge on any atom is 0.0966 e. The van der Waals surface area contributed by atoms with Gasteiger partial charge in [0.15, 0.2) is 0 Å². The molecule has 2 nitrogen and oxygen atoms in total. The Balaban J connectivity index is 1.75. The minimum Gasteiger partial charge on any atom is -0.309 e. The van der Waals surface area contributed by atoms with E-state index in [4.69, 9.17) is 0 Å². The Labute approximate surface area is 123 Å².